The molecule has 0 unspecified atom stereocenters. The molecule has 0 heterocycles. The summed E-state index contributed by atoms with van der Waals surface area (Å²) in [4.78, 5) is 33.9. The van der Waals surface area contributed by atoms with Crippen molar-refractivity contribution in [1.29, 1.82) is 0 Å². The molecule has 0 N–H and O–H groups in total. The predicted molar refractivity (Wildman–Crippen MR) is 87.0 cm³/mol. The van der Waals surface area contributed by atoms with Crippen molar-refractivity contribution in [2.45, 2.75) is 0 Å². The minimum atomic E-state index is -0.856. The molecule has 0 bridgehead atoms. The molecule has 0 aromatic heterocycles. The molecule has 0 saturated carbocycles. The minimum Gasteiger partial charge on any atom is -0.475 e. The molecule has 0 amide bonds. The summed E-state index contributed by atoms with van der Waals surface area (Å²) >= 11 is 5.81. The van der Waals surface area contributed by atoms with Crippen LogP contribution in [0.15, 0.2) is 42.5 Å². The van der Waals surface area contributed by atoms with Crippen LogP contribution in [0.25, 0.3) is 0 Å². The second-order valence-corrected chi connectivity index (χ2v) is 5.06. The highest BCUT2D eigenvalue weighted by Crippen LogP contribution is 2.26. The van der Waals surface area contributed by atoms with Crippen LogP contribution >= 0.6 is 11.6 Å². The Labute approximate surface area is 147 Å². The van der Waals surface area contributed by atoms with Crippen LogP contribution in [0, 0.1) is 10.1 Å². The van der Waals surface area contributed by atoms with Crippen molar-refractivity contribution in [2.24, 2.45) is 0 Å². The first-order chi connectivity index (χ1) is 11.9. The Morgan fingerprint density at radius 2 is 1.88 bits per heavy atom. The summed E-state index contributed by atoms with van der Waals surface area (Å²) in [6.07, 6.45) is 0. The molecule has 0 aliphatic rings. The second-order valence-electron chi connectivity index (χ2n) is 4.62. The largest absolute Gasteiger partial charge is 0.475 e. The Balaban J connectivity index is 2.09. The molecule has 0 radical (unpaired) electrons. The molecule has 25 heavy (non-hydrogen) atoms. The number of nitro benzene ring substituents is 1. The fraction of sp³-hybridized carbons (Fsp3) is 0.125. The number of ether oxygens (including phenoxy) is 3. The first-order valence-corrected chi connectivity index (χ1v) is 7.25. The average Bonchev–Trinajstić information content (AvgIpc) is 2.61. The average molecular weight is 366 g/mol. The Morgan fingerprint density at radius 3 is 2.56 bits per heavy atom. The lowest BCUT2D eigenvalue weighted by molar-refractivity contribution is -0.385. The third-order valence-electron chi connectivity index (χ3n) is 2.98. The molecule has 0 fully saturated rings. The Hall–Kier alpha value is -3.13. The Kier molecular flexibility index (Phi) is 5.91. The van der Waals surface area contributed by atoms with Gasteiger partial charge in [0, 0.05) is 11.1 Å². The SMILES string of the molecule is COC(=O)c1cc(Cl)ccc1OC(=O)COc1ccccc1[N+](=O)[O-]. The van der Waals surface area contributed by atoms with E-state index in [0.717, 1.165) is 0 Å². The minimum absolute atomic E-state index is 0.0333. The number of rotatable bonds is 6. The van der Waals surface area contributed by atoms with Gasteiger partial charge in [0.15, 0.2) is 12.4 Å². The van der Waals surface area contributed by atoms with Gasteiger partial charge < -0.3 is 14.2 Å². The summed E-state index contributed by atoms with van der Waals surface area (Å²) in [6.45, 7) is -0.589. The smallest absolute Gasteiger partial charge is 0.349 e. The highest BCUT2D eigenvalue weighted by molar-refractivity contribution is 6.31. The van der Waals surface area contributed by atoms with E-state index in [1.165, 1.54) is 49.6 Å². The molecule has 9 heteroatoms. The number of hydrogen-bond acceptors (Lipinski definition) is 7. The number of nitrogens with zero attached hydrogens (tertiary/aromatic N) is 1. The zero-order chi connectivity index (χ0) is 18.4. The van der Waals surface area contributed by atoms with Crippen LogP contribution in [0.2, 0.25) is 5.02 Å². The quantitative estimate of drug-likeness (QED) is 0.335. The number of hydrogen-bond donors (Lipinski definition) is 0. The maximum Gasteiger partial charge on any atom is 0.349 e. The zero-order valence-corrected chi connectivity index (χ0v) is 13.7. The van der Waals surface area contributed by atoms with Crippen LogP contribution < -0.4 is 9.47 Å². The number of carbonyl (C=O) groups is 2. The number of esters is 2. The second kappa shape index (κ2) is 8.11. The molecule has 0 aliphatic heterocycles. The zero-order valence-electron chi connectivity index (χ0n) is 12.9. The van der Waals surface area contributed by atoms with Crippen LogP contribution in [0.1, 0.15) is 10.4 Å². The van der Waals surface area contributed by atoms with E-state index in [4.69, 9.17) is 21.1 Å². The first-order valence-electron chi connectivity index (χ1n) is 6.87. The van der Waals surface area contributed by atoms with Gasteiger partial charge in [-0.25, -0.2) is 9.59 Å². The van der Waals surface area contributed by atoms with E-state index in [1.54, 1.807) is 0 Å². The van der Waals surface area contributed by atoms with Gasteiger partial charge in [0.1, 0.15) is 11.3 Å². The summed E-state index contributed by atoms with van der Waals surface area (Å²) in [7, 11) is 1.17. The van der Waals surface area contributed by atoms with Gasteiger partial charge in [0.25, 0.3) is 0 Å². The van der Waals surface area contributed by atoms with Gasteiger partial charge in [-0.1, -0.05) is 23.7 Å². The number of benzene rings is 2. The predicted octanol–water partition coefficient (Wildman–Crippen LogP) is 3.02. The fourth-order valence-corrected chi connectivity index (χ4v) is 2.05. The molecule has 130 valence electrons. The van der Waals surface area contributed by atoms with Gasteiger partial charge in [0.05, 0.1) is 12.0 Å². The summed E-state index contributed by atoms with van der Waals surface area (Å²) in [5.74, 6) is -1.73. The van der Waals surface area contributed by atoms with Gasteiger partial charge in [-0.15, -0.1) is 0 Å². The van der Waals surface area contributed by atoms with Crippen LogP contribution in [-0.4, -0.2) is 30.6 Å². The standard InChI is InChI=1S/C16H12ClNO7/c1-23-16(20)11-8-10(17)6-7-13(11)25-15(19)9-24-14-5-3-2-4-12(14)18(21)22/h2-8H,9H2,1H3. The van der Waals surface area contributed by atoms with Gasteiger partial charge in [-0.3, -0.25) is 10.1 Å². The Morgan fingerprint density at radius 1 is 1.16 bits per heavy atom. The molecule has 2 aromatic rings. The van der Waals surface area contributed by atoms with E-state index in [1.807, 2.05) is 0 Å². The molecular formula is C16H12ClNO7. The lowest BCUT2D eigenvalue weighted by Crippen LogP contribution is -2.19. The number of methoxy groups -OCH3 is 1. The van der Waals surface area contributed by atoms with Crippen LogP contribution in [-0.2, 0) is 9.53 Å². The van der Waals surface area contributed by atoms with E-state index in [2.05, 4.69) is 4.74 Å². The molecule has 2 rings (SSSR count). The van der Waals surface area contributed by atoms with Crippen LogP contribution in [0.3, 0.4) is 0 Å². The van der Waals surface area contributed by atoms with E-state index in [9.17, 15) is 19.7 Å². The Bertz CT molecular complexity index is 822. The third-order valence-corrected chi connectivity index (χ3v) is 3.21. The van der Waals surface area contributed by atoms with Crippen molar-refractivity contribution < 1.29 is 28.7 Å². The molecule has 2 aromatic carbocycles. The van der Waals surface area contributed by atoms with E-state index >= 15 is 0 Å². The van der Waals surface area contributed by atoms with E-state index in [0.29, 0.717) is 0 Å². The summed E-state index contributed by atoms with van der Waals surface area (Å²) in [6, 6.07) is 9.65. The lowest BCUT2D eigenvalue weighted by atomic mass is 10.2. The maximum atomic E-state index is 11.9. The van der Waals surface area contributed by atoms with Gasteiger partial charge in [-0.05, 0) is 24.3 Å². The van der Waals surface area contributed by atoms with Crippen molar-refractivity contribution in [1.82, 2.24) is 0 Å². The molecule has 0 saturated heterocycles. The van der Waals surface area contributed by atoms with Crippen molar-refractivity contribution in [2.75, 3.05) is 13.7 Å². The number of carbonyl (C=O) groups excluding carboxylic acids is 2. The number of halogens is 1. The molecule has 0 atom stereocenters. The third kappa shape index (κ3) is 4.67. The maximum absolute atomic E-state index is 11.9. The van der Waals surface area contributed by atoms with Gasteiger partial charge in [-0.2, -0.15) is 0 Å². The summed E-state index contributed by atoms with van der Waals surface area (Å²) < 4.78 is 14.8. The lowest BCUT2D eigenvalue weighted by Gasteiger charge is -2.10. The van der Waals surface area contributed by atoms with E-state index in [-0.39, 0.29) is 27.8 Å². The molecular weight excluding hydrogens is 354 g/mol. The van der Waals surface area contributed by atoms with Crippen molar-refractivity contribution in [3.63, 3.8) is 0 Å². The first kappa shape index (κ1) is 18.2. The highest BCUT2D eigenvalue weighted by atomic mass is 35.5. The molecule has 0 spiro atoms. The monoisotopic (exact) mass is 365 g/mol. The van der Waals surface area contributed by atoms with Crippen molar-refractivity contribution in [3.05, 3.63) is 63.2 Å². The van der Waals surface area contributed by atoms with Gasteiger partial charge >= 0.3 is 17.6 Å². The highest BCUT2D eigenvalue weighted by Gasteiger charge is 2.19. The topological polar surface area (TPSA) is 105 Å². The van der Waals surface area contributed by atoms with Gasteiger partial charge in [0.2, 0.25) is 0 Å². The fourth-order valence-electron chi connectivity index (χ4n) is 1.88. The summed E-state index contributed by atoms with van der Waals surface area (Å²) in [5.41, 5.74) is -0.314. The molecule has 8 nitrogen and oxygen atoms in total. The van der Waals surface area contributed by atoms with E-state index < -0.39 is 23.5 Å². The molecule has 0 aliphatic carbocycles. The number of para-hydroxylation sites is 2. The van der Waals surface area contributed by atoms with Crippen molar-refractivity contribution in [3.8, 4) is 11.5 Å². The van der Waals surface area contributed by atoms with Crippen LogP contribution in [0.5, 0.6) is 11.5 Å². The van der Waals surface area contributed by atoms with Crippen LogP contribution in [0.4, 0.5) is 5.69 Å². The number of nitro groups is 1. The van der Waals surface area contributed by atoms with Crippen molar-refractivity contribution >= 4 is 29.2 Å². The normalized spacial score (nSPS) is 10.0. The summed E-state index contributed by atoms with van der Waals surface area (Å²) in [5, 5.41) is 11.1.